The molecule has 8 nitrogen and oxygen atoms in total. The Morgan fingerprint density at radius 1 is 1.03 bits per heavy atom. The van der Waals surface area contributed by atoms with Gasteiger partial charge in [-0.2, -0.15) is 0 Å². The molecule has 1 saturated heterocycles. The number of hydrogen-bond acceptors (Lipinski definition) is 7. The van der Waals surface area contributed by atoms with Crippen molar-refractivity contribution in [1.82, 2.24) is 15.2 Å². The van der Waals surface area contributed by atoms with Crippen molar-refractivity contribution in [2.75, 3.05) is 48.9 Å². The van der Waals surface area contributed by atoms with Gasteiger partial charge in [0.05, 0.1) is 26.4 Å². The Morgan fingerprint density at radius 2 is 1.74 bits per heavy atom. The fourth-order valence-corrected chi connectivity index (χ4v) is 6.82. The summed E-state index contributed by atoms with van der Waals surface area (Å²) in [5.74, 6) is -0.900. The summed E-state index contributed by atoms with van der Waals surface area (Å²) in [7, 11) is -3.98. The molecule has 1 amide bonds. The minimum atomic E-state index is -3.98. The van der Waals surface area contributed by atoms with Crippen molar-refractivity contribution in [2.24, 2.45) is 0 Å². The summed E-state index contributed by atoms with van der Waals surface area (Å²) in [6.45, 7) is 8.77. The van der Waals surface area contributed by atoms with Crippen molar-refractivity contribution in [2.45, 2.75) is 18.7 Å². The third-order valence-electron chi connectivity index (χ3n) is 6.71. The monoisotopic (exact) mass is 567 g/mol. The van der Waals surface area contributed by atoms with E-state index in [1.807, 2.05) is 0 Å². The number of para-hydroxylation sites is 1. The summed E-state index contributed by atoms with van der Waals surface area (Å²) >= 11 is 1.74. The van der Waals surface area contributed by atoms with Gasteiger partial charge in [0, 0.05) is 39.3 Å². The fourth-order valence-electron chi connectivity index (χ4n) is 4.67. The van der Waals surface area contributed by atoms with Crippen molar-refractivity contribution in [1.29, 1.82) is 0 Å². The Balaban J connectivity index is 1.14. The number of amides is 1. The average Bonchev–Trinajstić information content (AvgIpc) is 3.34. The maximum absolute atomic E-state index is 13.2. The van der Waals surface area contributed by atoms with Crippen LogP contribution in [-0.2, 0) is 10.0 Å². The number of carbonyl (C=O) groups is 1. The molecule has 11 heteroatoms. The van der Waals surface area contributed by atoms with E-state index in [2.05, 4.69) is 45.8 Å². The van der Waals surface area contributed by atoms with Crippen molar-refractivity contribution in [3.8, 4) is 0 Å². The number of hydrogen-bond donors (Lipinski definition) is 2. The minimum Gasteiger partial charge on any atom is -0.351 e. The van der Waals surface area contributed by atoms with E-state index in [0.29, 0.717) is 13.1 Å². The summed E-state index contributed by atoms with van der Waals surface area (Å²) < 4.78 is 42.4. The maximum atomic E-state index is 13.2. The molecule has 204 valence electrons. The summed E-state index contributed by atoms with van der Waals surface area (Å²) in [6, 6.07) is 15.3. The molecule has 2 N–H and O–H groups in total. The Morgan fingerprint density at radius 3 is 2.49 bits per heavy atom. The lowest BCUT2D eigenvalue weighted by Gasteiger charge is -2.34. The molecule has 39 heavy (non-hydrogen) atoms. The molecule has 1 aliphatic heterocycles. The smallest absolute Gasteiger partial charge is 0.261 e. The number of benzene rings is 3. The summed E-state index contributed by atoms with van der Waals surface area (Å²) in [6.07, 6.45) is 0. The molecule has 2 heterocycles. The third kappa shape index (κ3) is 6.21. The Kier molecular flexibility index (Phi) is 7.83. The molecular weight excluding hydrogens is 537 g/mol. The first-order valence-corrected chi connectivity index (χ1v) is 15.0. The van der Waals surface area contributed by atoms with Gasteiger partial charge in [-0.05, 0) is 67.4 Å². The van der Waals surface area contributed by atoms with Gasteiger partial charge in [-0.1, -0.05) is 29.5 Å². The van der Waals surface area contributed by atoms with Gasteiger partial charge >= 0.3 is 0 Å². The molecular formula is C28H30FN5O3S2. The van der Waals surface area contributed by atoms with Gasteiger partial charge in [0.2, 0.25) is 0 Å². The quantitative estimate of drug-likeness (QED) is 0.328. The molecule has 1 fully saturated rings. The SMILES string of the molecule is Cc1cc(C)c2sc(N3CCN(CCNC(=O)c4ccccc4NS(=O)(=O)c4ccc(F)cc4)CC3)nc2c1. The number of nitrogens with one attached hydrogen (secondary N) is 2. The van der Waals surface area contributed by atoms with Crippen LogP contribution in [0, 0.1) is 19.7 Å². The molecule has 3 aromatic carbocycles. The van der Waals surface area contributed by atoms with Crippen LogP contribution in [0.2, 0.25) is 0 Å². The molecule has 4 aromatic rings. The van der Waals surface area contributed by atoms with E-state index in [-0.39, 0.29) is 22.1 Å². The van der Waals surface area contributed by atoms with Crippen LogP contribution in [0.25, 0.3) is 10.2 Å². The molecule has 0 spiro atoms. The predicted molar refractivity (Wildman–Crippen MR) is 154 cm³/mol. The highest BCUT2D eigenvalue weighted by Crippen LogP contribution is 2.32. The topological polar surface area (TPSA) is 94.6 Å². The van der Waals surface area contributed by atoms with Crippen molar-refractivity contribution in [3.05, 3.63) is 83.2 Å². The number of rotatable bonds is 8. The Bertz CT molecular complexity index is 1600. The van der Waals surface area contributed by atoms with Crippen LogP contribution in [0.3, 0.4) is 0 Å². The predicted octanol–water partition coefficient (Wildman–Crippen LogP) is 4.41. The molecule has 0 saturated carbocycles. The maximum Gasteiger partial charge on any atom is 0.261 e. The van der Waals surface area contributed by atoms with Crippen molar-refractivity contribution >= 4 is 48.3 Å². The number of anilines is 2. The average molecular weight is 568 g/mol. The van der Waals surface area contributed by atoms with E-state index in [4.69, 9.17) is 4.98 Å². The summed E-state index contributed by atoms with van der Waals surface area (Å²) in [5, 5.41) is 3.95. The molecule has 0 aliphatic carbocycles. The third-order valence-corrected chi connectivity index (χ3v) is 9.35. The Labute approximate surface area is 231 Å². The second kappa shape index (κ2) is 11.3. The zero-order valence-electron chi connectivity index (χ0n) is 21.8. The van der Waals surface area contributed by atoms with E-state index in [1.165, 1.54) is 34.0 Å². The van der Waals surface area contributed by atoms with E-state index in [9.17, 15) is 17.6 Å². The molecule has 0 bridgehead atoms. The standard InChI is InChI=1S/C28H30FN5O3S2/c1-19-17-20(2)26-25(18-19)31-28(38-26)34-15-13-33(14-16-34)12-11-30-27(35)23-5-3-4-6-24(23)32-39(36,37)22-9-7-21(29)8-10-22/h3-10,17-18,32H,11-16H2,1-2H3,(H,30,35). The van der Waals surface area contributed by atoms with Gasteiger partial charge < -0.3 is 10.2 Å². The number of halogens is 1. The molecule has 1 aromatic heterocycles. The van der Waals surface area contributed by atoms with Crippen molar-refractivity contribution < 1.29 is 17.6 Å². The summed E-state index contributed by atoms with van der Waals surface area (Å²) in [4.78, 5) is 22.3. The highest BCUT2D eigenvalue weighted by molar-refractivity contribution is 7.92. The summed E-state index contributed by atoms with van der Waals surface area (Å²) in [5.41, 5.74) is 3.91. The van der Waals surface area contributed by atoms with Gasteiger partial charge in [0.15, 0.2) is 5.13 Å². The van der Waals surface area contributed by atoms with Crippen LogP contribution in [-0.4, -0.2) is 63.5 Å². The zero-order chi connectivity index (χ0) is 27.6. The van der Waals surface area contributed by atoms with E-state index >= 15 is 0 Å². The highest BCUT2D eigenvalue weighted by Gasteiger charge is 2.22. The second-order valence-corrected chi connectivity index (χ2v) is 12.3. The molecule has 0 radical (unpaired) electrons. The van der Waals surface area contributed by atoms with Gasteiger partial charge in [0.1, 0.15) is 5.82 Å². The van der Waals surface area contributed by atoms with E-state index in [1.54, 1.807) is 29.5 Å². The Hall–Kier alpha value is -3.54. The first kappa shape index (κ1) is 27.0. The van der Waals surface area contributed by atoms with Crippen LogP contribution >= 0.6 is 11.3 Å². The van der Waals surface area contributed by atoms with E-state index in [0.717, 1.165) is 49.0 Å². The number of nitrogens with zero attached hydrogens (tertiary/aromatic N) is 3. The number of thiazole rings is 1. The fraction of sp³-hybridized carbons (Fsp3) is 0.286. The largest absolute Gasteiger partial charge is 0.351 e. The molecule has 1 aliphatic rings. The number of fused-ring (bicyclic) bond motifs is 1. The van der Waals surface area contributed by atoms with Gasteiger partial charge in [0.25, 0.3) is 15.9 Å². The number of carbonyl (C=O) groups excluding carboxylic acids is 1. The van der Waals surface area contributed by atoms with E-state index < -0.39 is 15.8 Å². The number of piperazine rings is 1. The van der Waals surface area contributed by atoms with Crippen LogP contribution in [0.4, 0.5) is 15.2 Å². The van der Waals surface area contributed by atoms with Crippen LogP contribution in [0.15, 0.2) is 65.6 Å². The molecule has 5 rings (SSSR count). The lowest BCUT2D eigenvalue weighted by Crippen LogP contribution is -2.48. The van der Waals surface area contributed by atoms with Gasteiger partial charge in [-0.3, -0.25) is 14.4 Å². The number of aryl methyl sites for hydroxylation is 2. The second-order valence-electron chi connectivity index (χ2n) is 9.62. The number of aromatic nitrogens is 1. The zero-order valence-corrected chi connectivity index (χ0v) is 23.4. The van der Waals surface area contributed by atoms with Gasteiger partial charge in [-0.25, -0.2) is 17.8 Å². The lowest BCUT2D eigenvalue weighted by atomic mass is 10.1. The first-order chi connectivity index (χ1) is 18.7. The first-order valence-electron chi connectivity index (χ1n) is 12.7. The highest BCUT2D eigenvalue weighted by atomic mass is 32.2. The molecule has 0 unspecified atom stereocenters. The van der Waals surface area contributed by atoms with Gasteiger partial charge in [-0.15, -0.1) is 0 Å². The normalized spacial score (nSPS) is 14.5. The van der Waals surface area contributed by atoms with Crippen molar-refractivity contribution in [3.63, 3.8) is 0 Å². The molecule has 0 atom stereocenters. The van der Waals surface area contributed by atoms with Crippen LogP contribution in [0.5, 0.6) is 0 Å². The van der Waals surface area contributed by atoms with Crippen LogP contribution in [0.1, 0.15) is 21.5 Å². The number of sulfonamides is 1. The minimum absolute atomic E-state index is 0.0886. The van der Waals surface area contributed by atoms with Crippen LogP contribution < -0.4 is 14.9 Å². The lowest BCUT2D eigenvalue weighted by molar-refractivity contribution is 0.0948.